The SMILES string of the molecule is COc1ccc(CCC(=O)N2CCCN(C(C)C(=O)Nc3cc(Cl)ccc3OC)CC2)cc1. The summed E-state index contributed by atoms with van der Waals surface area (Å²) >= 11 is 6.07. The minimum Gasteiger partial charge on any atom is -0.497 e. The number of methoxy groups -OCH3 is 2. The quantitative estimate of drug-likeness (QED) is 0.630. The van der Waals surface area contributed by atoms with Gasteiger partial charge in [0.15, 0.2) is 0 Å². The predicted molar refractivity (Wildman–Crippen MR) is 130 cm³/mol. The third-order valence-corrected chi connectivity index (χ3v) is 6.25. The number of benzene rings is 2. The number of hydrogen-bond acceptors (Lipinski definition) is 5. The van der Waals surface area contributed by atoms with Gasteiger partial charge in [-0.25, -0.2) is 0 Å². The third-order valence-electron chi connectivity index (χ3n) is 6.02. The highest BCUT2D eigenvalue weighted by molar-refractivity contribution is 6.31. The van der Waals surface area contributed by atoms with E-state index < -0.39 is 0 Å². The van der Waals surface area contributed by atoms with Gasteiger partial charge in [-0.3, -0.25) is 14.5 Å². The molecule has 1 aliphatic heterocycles. The van der Waals surface area contributed by atoms with Crippen LogP contribution in [0.2, 0.25) is 5.02 Å². The molecule has 2 amide bonds. The van der Waals surface area contributed by atoms with Gasteiger partial charge in [-0.2, -0.15) is 0 Å². The molecule has 3 rings (SSSR count). The molecule has 1 N–H and O–H groups in total. The molecule has 1 fully saturated rings. The second kappa shape index (κ2) is 11.9. The average molecular weight is 474 g/mol. The minimum absolute atomic E-state index is 0.130. The second-order valence-electron chi connectivity index (χ2n) is 8.13. The van der Waals surface area contributed by atoms with E-state index in [9.17, 15) is 9.59 Å². The van der Waals surface area contributed by atoms with Crippen molar-refractivity contribution < 1.29 is 19.1 Å². The molecule has 178 valence electrons. The predicted octanol–water partition coefficient (Wildman–Crippen LogP) is 3.85. The van der Waals surface area contributed by atoms with Crippen LogP contribution in [0.15, 0.2) is 42.5 Å². The van der Waals surface area contributed by atoms with Crippen LogP contribution >= 0.6 is 11.6 Å². The van der Waals surface area contributed by atoms with Crippen molar-refractivity contribution in [3.05, 3.63) is 53.1 Å². The molecule has 7 nitrogen and oxygen atoms in total. The third kappa shape index (κ3) is 6.85. The van der Waals surface area contributed by atoms with Crippen LogP contribution in [0.3, 0.4) is 0 Å². The van der Waals surface area contributed by atoms with Gasteiger partial charge in [-0.1, -0.05) is 23.7 Å². The molecule has 1 aliphatic rings. The molecular weight excluding hydrogens is 442 g/mol. The Bertz CT molecular complexity index is 951. The Kier molecular flexibility index (Phi) is 8.97. The van der Waals surface area contributed by atoms with E-state index in [1.165, 1.54) is 0 Å². The van der Waals surface area contributed by atoms with E-state index in [2.05, 4.69) is 10.2 Å². The smallest absolute Gasteiger partial charge is 0.241 e. The number of hydrogen-bond donors (Lipinski definition) is 1. The van der Waals surface area contributed by atoms with Crippen LogP contribution in [-0.4, -0.2) is 68.1 Å². The Labute approximate surface area is 200 Å². The molecule has 0 bridgehead atoms. The Balaban J connectivity index is 1.51. The fraction of sp³-hybridized carbons (Fsp3) is 0.440. The lowest BCUT2D eigenvalue weighted by molar-refractivity contribution is -0.131. The summed E-state index contributed by atoms with van der Waals surface area (Å²) in [5.74, 6) is 1.39. The summed E-state index contributed by atoms with van der Waals surface area (Å²) in [5, 5.41) is 3.45. The van der Waals surface area contributed by atoms with Crippen molar-refractivity contribution in [2.75, 3.05) is 45.7 Å². The molecule has 1 heterocycles. The molecule has 1 atom stereocenters. The molecule has 1 saturated heterocycles. The van der Waals surface area contributed by atoms with E-state index in [0.29, 0.717) is 48.9 Å². The molecule has 1 unspecified atom stereocenters. The highest BCUT2D eigenvalue weighted by Crippen LogP contribution is 2.28. The Hall–Kier alpha value is -2.77. The number of ether oxygens (including phenoxy) is 2. The summed E-state index contributed by atoms with van der Waals surface area (Å²) in [7, 11) is 3.19. The second-order valence-corrected chi connectivity index (χ2v) is 8.56. The molecule has 0 spiro atoms. The molecule has 33 heavy (non-hydrogen) atoms. The summed E-state index contributed by atoms with van der Waals surface area (Å²) in [6, 6.07) is 12.6. The largest absolute Gasteiger partial charge is 0.497 e. The standard InChI is InChI=1S/C25H32ClN3O4/c1-18(25(31)27-22-17-20(26)8-11-23(22)33-3)28-13-4-14-29(16-15-28)24(30)12-7-19-5-9-21(32-2)10-6-19/h5-6,8-11,17-18H,4,7,12-16H2,1-3H3,(H,27,31). The number of carbonyl (C=O) groups is 2. The maximum Gasteiger partial charge on any atom is 0.241 e. The molecule has 0 radical (unpaired) electrons. The van der Waals surface area contributed by atoms with E-state index in [1.807, 2.05) is 36.1 Å². The minimum atomic E-state index is -0.344. The number of halogens is 1. The van der Waals surface area contributed by atoms with E-state index in [-0.39, 0.29) is 17.9 Å². The Morgan fingerprint density at radius 3 is 2.48 bits per heavy atom. The van der Waals surface area contributed by atoms with Crippen molar-refractivity contribution in [3.63, 3.8) is 0 Å². The maximum atomic E-state index is 12.9. The molecule has 0 saturated carbocycles. The fourth-order valence-electron chi connectivity index (χ4n) is 3.96. The number of aryl methyl sites for hydroxylation is 1. The number of nitrogens with zero attached hydrogens (tertiary/aromatic N) is 2. The van der Waals surface area contributed by atoms with Gasteiger partial charge < -0.3 is 19.7 Å². The van der Waals surface area contributed by atoms with Crippen molar-refractivity contribution in [3.8, 4) is 11.5 Å². The fourth-order valence-corrected chi connectivity index (χ4v) is 4.13. The molecule has 0 aromatic heterocycles. The first-order valence-corrected chi connectivity index (χ1v) is 11.6. The average Bonchev–Trinajstić information content (AvgIpc) is 3.09. The van der Waals surface area contributed by atoms with Crippen LogP contribution in [0.5, 0.6) is 11.5 Å². The first-order valence-electron chi connectivity index (χ1n) is 11.2. The number of amides is 2. The van der Waals surface area contributed by atoms with E-state index in [0.717, 1.165) is 24.3 Å². The maximum absolute atomic E-state index is 12.9. The number of nitrogens with one attached hydrogen (secondary N) is 1. The number of rotatable bonds is 8. The van der Waals surface area contributed by atoms with Gasteiger partial charge in [0.2, 0.25) is 11.8 Å². The van der Waals surface area contributed by atoms with Gasteiger partial charge in [-0.05, 0) is 55.7 Å². The summed E-state index contributed by atoms with van der Waals surface area (Å²) in [4.78, 5) is 29.7. The molecule has 8 heteroatoms. The van der Waals surface area contributed by atoms with Gasteiger partial charge >= 0.3 is 0 Å². The number of anilines is 1. The van der Waals surface area contributed by atoms with Crippen molar-refractivity contribution in [1.29, 1.82) is 0 Å². The normalized spacial score (nSPS) is 15.5. The summed E-state index contributed by atoms with van der Waals surface area (Å²) < 4.78 is 10.5. The van der Waals surface area contributed by atoms with Crippen LogP contribution in [0.1, 0.15) is 25.3 Å². The molecule has 2 aromatic rings. The lowest BCUT2D eigenvalue weighted by Gasteiger charge is -2.27. The zero-order chi connectivity index (χ0) is 23.8. The zero-order valence-corrected chi connectivity index (χ0v) is 20.2. The van der Waals surface area contributed by atoms with E-state index in [4.69, 9.17) is 21.1 Å². The molecular formula is C25H32ClN3O4. The highest BCUT2D eigenvalue weighted by Gasteiger charge is 2.26. The van der Waals surface area contributed by atoms with Crippen LogP contribution in [0.4, 0.5) is 5.69 Å². The van der Waals surface area contributed by atoms with Crippen molar-refractivity contribution in [2.24, 2.45) is 0 Å². The zero-order valence-electron chi connectivity index (χ0n) is 19.5. The van der Waals surface area contributed by atoms with Crippen LogP contribution in [0, 0.1) is 0 Å². The topological polar surface area (TPSA) is 71.1 Å². The highest BCUT2D eigenvalue weighted by atomic mass is 35.5. The lowest BCUT2D eigenvalue weighted by atomic mass is 10.1. The monoisotopic (exact) mass is 473 g/mol. The number of carbonyl (C=O) groups excluding carboxylic acids is 2. The van der Waals surface area contributed by atoms with Crippen molar-refractivity contribution in [2.45, 2.75) is 32.2 Å². The van der Waals surface area contributed by atoms with E-state index in [1.54, 1.807) is 32.4 Å². The summed E-state index contributed by atoms with van der Waals surface area (Å²) in [5.41, 5.74) is 1.66. The first kappa shape index (κ1) is 24.9. The van der Waals surface area contributed by atoms with E-state index >= 15 is 0 Å². The molecule has 2 aromatic carbocycles. The van der Waals surface area contributed by atoms with Gasteiger partial charge in [0.1, 0.15) is 11.5 Å². The van der Waals surface area contributed by atoms with Crippen LogP contribution < -0.4 is 14.8 Å². The van der Waals surface area contributed by atoms with Crippen molar-refractivity contribution in [1.82, 2.24) is 9.80 Å². The molecule has 0 aliphatic carbocycles. The summed E-state index contributed by atoms with van der Waals surface area (Å²) in [6.45, 7) is 4.60. The van der Waals surface area contributed by atoms with Crippen LogP contribution in [0.25, 0.3) is 0 Å². The van der Waals surface area contributed by atoms with Crippen molar-refractivity contribution >= 4 is 29.1 Å². The van der Waals surface area contributed by atoms with Gasteiger partial charge in [0.25, 0.3) is 0 Å². The van der Waals surface area contributed by atoms with Gasteiger partial charge in [0.05, 0.1) is 25.9 Å². The first-order chi connectivity index (χ1) is 15.9. The van der Waals surface area contributed by atoms with Crippen LogP contribution in [-0.2, 0) is 16.0 Å². The Morgan fingerprint density at radius 1 is 1.03 bits per heavy atom. The summed E-state index contributed by atoms with van der Waals surface area (Å²) in [6.07, 6.45) is 1.99. The van der Waals surface area contributed by atoms with Gasteiger partial charge in [0, 0.05) is 37.6 Å². The lowest BCUT2D eigenvalue weighted by Crippen LogP contribution is -2.44. The Morgan fingerprint density at radius 2 is 1.79 bits per heavy atom. The van der Waals surface area contributed by atoms with Gasteiger partial charge in [-0.15, -0.1) is 0 Å².